The molecule has 19 heavy (non-hydrogen) atoms. The van der Waals surface area contributed by atoms with Crippen molar-refractivity contribution in [1.82, 2.24) is 15.5 Å². The average Bonchev–Trinajstić information content (AvgIpc) is 2.88. The molecule has 2 saturated heterocycles. The van der Waals surface area contributed by atoms with Crippen LogP contribution in [0.4, 0.5) is 4.79 Å². The number of carboxylic acids is 1. The number of hydrogen-bond donors (Lipinski definition) is 3. The predicted molar refractivity (Wildman–Crippen MR) is 68.0 cm³/mol. The Morgan fingerprint density at radius 2 is 2.11 bits per heavy atom. The number of nitrogens with zero attached hydrogens (tertiary/aromatic N) is 1. The fraction of sp³-hybridized carbons (Fsp3) is 0.833. The molecule has 2 aliphatic rings. The molecule has 0 aromatic rings. The highest BCUT2D eigenvalue weighted by Crippen LogP contribution is 2.20. The molecule has 0 spiro atoms. The summed E-state index contributed by atoms with van der Waals surface area (Å²) >= 11 is 0. The molecule has 1 atom stereocenters. The van der Waals surface area contributed by atoms with Gasteiger partial charge in [0.2, 0.25) is 0 Å². The highest BCUT2D eigenvalue weighted by molar-refractivity contribution is 5.86. The molecular weight excluding hydrogens is 250 g/mol. The molecule has 108 valence electrons. The van der Waals surface area contributed by atoms with Crippen LogP contribution in [0.25, 0.3) is 0 Å². The average molecular weight is 271 g/mol. The number of carboxylic acid groups (broad SMARTS) is 1. The lowest BCUT2D eigenvalue weighted by Gasteiger charge is -2.34. The van der Waals surface area contributed by atoms with Gasteiger partial charge < -0.3 is 25.4 Å². The Balaban J connectivity index is 1.97. The van der Waals surface area contributed by atoms with Gasteiger partial charge in [-0.3, -0.25) is 0 Å². The van der Waals surface area contributed by atoms with Gasteiger partial charge in [0.05, 0.1) is 6.61 Å². The summed E-state index contributed by atoms with van der Waals surface area (Å²) < 4.78 is 5.12. The monoisotopic (exact) mass is 271 g/mol. The summed E-state index contributed by atoms with van der Waals surface area (Å²) in [5.41, 5.74) is -1.27. The topological polar surface area (TPSA) is 90.9 Å². The Labute approximate surface area is 112 Å². The molecule has 0 radical (unpaired) electrons. The number of urea groups is 1. The summed E-state index contributed by atoms with van der Waals surface area (Å²) in [6.45, 7) is 2.17. The second kappa shape index (κ2) is 5.75. The van der Waals surface area contributed by atoms with Crippen molar-refractivity contribution in [2.45, 2.75) is 30.8 Å². The molecule has 2 fully saturated rings. The number of amides is 2. The van der Waals surface area contributed by atoms with Gasteiger partial charge in [0.25, 0.3) is 0 Å². The van der Waals surface area contributed by atoms with E-state index in [0.717, 1.165) is 25.9 Å². The number of carbonyl (C=O) groups is 2. The van der Waals surface area contributed by atoms with Crippen molar-refractivity contribution in [2.75, 3.05) is 33.4 Å². The molecule has 0 bridgehead atoms. The quantitative estimate of drug-likeness (QED) is 0.651. The summed E-state index contributed by atoms with van der Waals surface area (Å²) in [5.74, 6) is -1.03. The predicted octanol–water partition coefficient (Wildman–Crippen LogP) is -0.376. The molecule has 2 amide bonds. The summed E-state index contributed by atoms with van der Waals surface area (Å²) in [6.07, 6.45) is 2.09. The van der Waals surface area contributed by atoms with E-state index in [1.54, 1.807) is 11.9 Å². The van der Waals surface area contributed by atoms with Crippen molar-refractivity contribution >= 4 is 12.0 Å². The first-order valence-electron chi connectivity index (χ1n) is 6.62. The Morgan fingerprint density at radius 1 is 1.42 bits per heavy atom. The number of aliphatic carboxylic acids is 1. The minimum Gasteiger partial charge on any atom is -0.479 e. The minimum atomic E-state index is -1.27. The Hall–Kier alpha value is -1.34. The maximum atomic E-state index is 12.2. The van der Waals surface area contributed by atoms with E-state index in [2.05, 4.69) is 10.6 Å². The zero-order valence-corrected chi connectivity index (χ0v) is 11.1. The number of piperidine rings is 1. The van der Waals surface area contributed by atoms with Crippen molar-refractivity contribution in [1.29, 1.82) is 0 Å². The second-order valence-corrected chi connectivity index (χ2v) is 5.21. The smallest absolute Gasteiger partial charge is 0.332 e. The second-order valence-electron chi connectivity index (χ2n) is 5.21. The van der Waals surface area contributed by atoms with Crippen LogP contribution >= 0.6 is 0 Å². The summed E-state index contributed by atoms with van der Waals surface area (Å²) in [5, 5.41) is 15.1. The summed E-state index contributed by atoms with van der Waals surface area (Å²) in [6, 6.07) is -0.172. The van der Waals surface area contributed by atoms with Crippen LogP contribution < -0.4 is 10.6 Å². The molecule has 2 rings (SSSR count). The van der Waals surface area contributed by atoms with Crippen LogP contribution in [0.1, 0.15) is 19.3 Å². The van der Waals surface area contributed by atoms with E-state index in [1.807, 2.05) is 0 Å². The van der Waals surface area contributed by atoms with Gasteiger partial charge in [-0.1, -0.05) is 0 Å². The first-order chi connectivity index (χ1) is 9.05. The zero-order valence-electron chi connectivity index (χ0n) is 11.1. The van der Waals surface area contributed by atoms with Crippen molar-refractivity contribution < 1.29 is 19.4 Å². The third kappa shape index (κ3) is 2.98. The number of carbonyl (C=O) groups excluding carboxylic acids is 1. The molecule has 0 aromatic carbocycles. The number of hydrogen-bond acceptors (Lipinski definition) is 4. The Bertz CT molecular complexity index is 349. The standard InChI is InChI=1S/C12H21N3O4/c1-15(9-2-5-13-6-3-9)11(18)14-12(10(16)17)4-7-19-8-12/h9,13H,2-8H2,1H3,(H,14,18)(H,16,17). The first-order valence-corrected chi connectivity index (χ1v) is 6.62. The van der Waals surface area contributed by atoms with E-state index in [0.29, 0.717) is 13.0 Å². The number of rotatable bonds is 3. The van der Waals surface area contributed by atoms with Crippen LogP contribution in [-0.4, -0.2) is 66.9 Å². The molecule has 0 aromatic heterocycles. The normalized spacial score (nSPS) is 28.1. The van der Waals surface area contributed by atoms with E-state index in [9.17, 15) is 14.7 Å². The number of ether oxygens (including phenoxy) is 1. The van der Waals surface area contributed by atoms with Crippen LogP contribution in [0.5, 0.6) is 0 Å². The van der Waals surface area contributed by atoms with Crippen LogP contribution in [0, 0.1) is 0 Å². The maximum absolute atomic E-state index is 12.2. The minimum absolute atomic E-state index is 0.0358. The SMILES string of the molecule is CN(C(=O)NC1(C(=O)O)CCOC1)C1CCNCC1. The van der Waals surface area contributed by atoms with Crippen molar-refractivity contribution in [3.05, 3.63) is 0 Å². The largest absolute Gasteiger partial charge is 0.479 e. The molecule has 2 heterocycles. The van der Waals surface area contributed by atoms with Crippen LogP contribution in [0.3, 0.4) is 0 Å². The summed E-state index contributed by atoms with van der Waals surface area (Å²) in [7, 11) is 1.72. The molecule has 7 heteroatoms. The fourth-order valence-corrected chi connectivity index (χ4v) is 2.54. The Morgan fingerprint density at radius 3 is 2.63 bits per heavy atom. The highest BCUT2D eigenvalue weighted by atomic mass is 16.5. The summed E-state index contributed by atoms with van der Waals surface area (Å²) in [4.78, 5) is 25.1. The van der Waals surface area contributed by atoms with Crippen LogP contribution in [0.2, 0.25) is 0 Å². The van der Waals surface area contributed by atoms with Gasteiger partial charge >= 0.3 is 12.0 Å². The molecule has 7 nitrogen and oxygen atoms in total. The zero-order chi connectivity index (χ0) is 13.9. The van der Waals surface area contributed by atoms with Gasteiger partial charge in [-0.25, -0.2) is 9.59 Å². The molecular formula is C12H21N3O4. The lowest BCUT2D eigenvalue weighted by molar-refractivity contribution is -0.144. The van der Waals surface area contributed by atoms with Gasteiger partial charge in [-0.05, 0) is 25.9 Å². The fourth-order valence-electron chi connectivity index (χ4n) is 2.54. The van der Waals surface area contributed by atoms with Gasteiger partial charge in [-0.15, -0.1) is 0 Å². The van der Waals surface area contributed by atoms with Gasteiger partial charge in [0.1, 0.15) is 0 Å². The highest BCUT2D eigenvalue weighted by Gasteiger charge is 2.44. The third-order valence-corrected chi connectivity index (χ3v) is 3.95. The molecule has 0 saturated carbocycles. The van der Waals surface area contributed by atoms with E-state index < -0.39 is 11.5 Å². The van der Waals surface area contributed by atoms with Gasteiger partial charge in [0, 0.05) is 26.1 Å². The van der Waals surface area contributed by atoms with E-state index in [1.165, 1.54) is 0 Å². The van der Waals surface area contributed by atoms with Crippen LogP contribution in [-0.2, 0) is 9.53 Å². The van der Waals surface area contributed by atoms with E-state index in [4.69, 9.17) is 4.74 Å². The molecule has 2 aliphatic heterocycles. The first kappa shape index (κ1) is 14.1. The van der Waals surface area contributed by atoms with E-state index >= 15 is 0 Å². The van der Waals surface area contributed by atoms with Crippen LogP contribution in [0.15, 0.2) is 0 Å². The Kier molecular flexibility index (Phi) is 4.26. The van der Waals surface area contributed by atoms with Gasteiger partial charge in [0.15, 0.2) is 5.54 Å². The van der Waals surface area contributed by atoms with Crippen molar-refractivity contribution in [2.24, 2.45) is 0 Å². The van der Waals surface area contributed by atoms with E-state index in [-0.39, 0.29) is 18.7 Å². The third-order valence-electron chi connectivity index (χ3n) is 3.95. The lowest BCUT2D eigenvalue weighted by Crippen LogP contribution is -2.59. The molecule has 1 unspecified atom stereocenters. The molecule has 3 N–H and O–H groups in total. The van der Waals surface area contributed by atoms with Crippen molar-refractivity contribution in [3.63, 3.8) is 0 Å². The lowest BCUT2D eigenvalue weighted by atomic mass is 9.99. The molecule has 0 aliphatic carbocycles. The van der Waals surface area contributed by atoms with Gasteiger partial charge in [-0.2, -0.15) is 0 Å². The number of nitrogens with one attached hydrogen (secondary N) is 2. The van der Waals surface area contributed by atoms with Crippen molar-refractivity contribution in [3.8, 4) is 0 Å². The maximum Gasteiger partial charge on any atom is 0.332 e.